The maximum Gasteiger partial charge on any atom is 0.304 e. The standard InChI is InChI=1S/C13H17BrFNO2/c1-9(2)7-11(14)5-3-10-4-6-13(16(17)18)12(15)8-10/h4,6,8-9,11H,3,5,7H2,1-2H3. The Morgan fingerprint density at radius 1 is 1.44 bits per heavy atom. The maximum absolute atomic E-state index is 13.4. The molecule has 1 unspecified atom stereocenters. The third kappa shape index (κ3) is 4.72. The summed E-state index contributed by atoms with van der Waals surface area (Å²) in [7, 11) is 0. The molecule has 0 aliphatic heterocycles. The first-order valence-electron chi connectivity index (χ1n) is 5.97. The first kappa shape index (κ1) is 15.1. The number of hydrogen-bond acceptors (Lipinski definition) is 2. The average Bonchev–Trinajstić information content (AvgIpc) is 2.25. The number of rotatable bonds is 6. The molecule has 1 atom stereocenters. The quantitative estimate of drug-likeness (QED) is 0.441. The summed E-state index contributed by atoms with van der Waals surface area (Å²) in [5, 5.41) is 10.5. The van der Waals surface area contributed by atoms with Crippen LogP contribution in [0.4, 0.5) is 10.1 Å². The zero-order valence-electron chi connectivity index (χ0n) is 10.5. The molecule has 0 aliphatic rings. The summed E-state index contributed by atoms with van der Waals surface area (Å²) in [6.45, 7) is 4.31. The number of alkyl halides is 1. The molecule has 0 bridgehead atoms. The van der Waals surface area contributed by atoms with Crippen molar-refractivity contribution in [1.29, 1.82) is 0 Å². The molecule has 0 aromatic heterocycles. The number of hydrogen-bond donors (Lipinski definition) is 0. The number of halogens is 2. The van der Waals surface area contributed by atoms with Crippen molar-refractivity contribution < 1.29 is 9.31 Å². The molecule has 0 aliphatic carbocycles. The van der Waals surface area contributed by atoms with Crippen LogP contribution in [0.1, 0.15) is 32.3 Å². The zero-order chi connectivity index (χ0) is 13.7. The molecule has 100 valence electrons. The van der Waals surface area contributed by atoms with E-state index in [-0.39, 0.29) is 0 Å². The van der Waals surface area contributed by atoms with Gasteiger partial charge in [-0.15, -0.1) is 0 Å². The Labute approximate surface area is 115 Å². The first-order chi connectivity index (χ1) is 8.40. The molecule has 0 fully saturated rings. The summed E-state index contributed by atoms with van der Waals surface area (Å²) in [4.78, 5) is 10.2. The van der Waals surface area contributed by atoms with Gasteiger partial charge in [-0.3, -0.25) is 10.1 Å². The molecule has 0 radical (unpaired) electrons. The Kier molecular flexibility index (Phi) is 5.72. The minimum Gasteiger partial charge on any atom is -0.258 e. The molecule has 0 spiro atoms. The van der Waals surface area contributed by atoms with Crippen molar-refractivity contribution in [2.45, 2.75) is 37.9 Å². The van der Waals surface area contributed by atoms with Gasteiger partial charge in [0.25, 0.3) is 0 Å². The van der Waals surface area contributed by atoms with Gasteiger partial charge in [-0.05, 0) is 36.8 Å². The Hall–Kier alpha value is -0.970. The number of nitro benzene ring substituents is 1. The van der Waals surface area contributed by atoms with Gasteiger partial charge in [-0.1, -0.05) is 35.8 Å². The summed E-state index contributed by atoms with van der Waals surface area (Å²) in [5.41, 5.74) is 0.336. The van der Waals surface area contributed by atoms with E-state index in [0.717, 1.165) is 24.8 Å². The summed E-state index contributed by atoms with van der Waals surface area (Å²) >= 11 is 3.59. The largest absolute Gasteiger partial charge is 0.304 e. The Morgan fingerprint density at radius 3 is 2.61 bits per heavy atom. The summed E-state index contributed by atoms with van der Waals surface area (Å²) < 4.78 is 13.4. The molecular weight excluding hydrogens is 301 g/mol. The Morgan fingerprint density at radius 2 is 2.11 bits per heavy atom. The highest BCUT2D eigenvalue weighted by molar-refractivity contribution is 9.09. The van der Waals surface area contributed by atoms with Crippen molar-refractivity contribution in [2.75, 3.05) is 0 Å². The van der Waals surface area contributed by atoms with E-state index >= 15 is 0 Å². The van der Waals surface area contributed by atoms with Crippen LogP contribution in [0.3, 0.4) is 0 Å². The lowest BCUT2D eigenvalue weighted by atomic mass is 10.0. The van der Waals surface area contributed by atoms with E-state index in [9.17, 15) is 14.5 Å². The molecule has 0 heterocycles. The van der Waals surface area contributed by atoms with Crippen LogP contribution in [-0.2, 0) is 6.42 Å². The fourth-order valence-electron chi connectivity index (χ4n) is 1.81. The predicted octanol–water partition coefficient (Wildman–Crippen LogP) is 4.48. The van der Waals surface area contributed by atoms with Gasteiger partial charge in [0.1, 0.15) is 0 Å². The molecule has 18 heavy (non-hydrogen) atoms. The van der Waals surface area contributed by atoms with E-state index < -0.39 is 16.4 Å². The highest BCUT2D eigenvalue weighted by Gasteiger charge is 2.14. The van der Waals surface area contributed by atoms with Crippen molar-refractivity contribution >= 4 is 21.6 Å². The van der Waals surface area contributed by atoms with Crippen LogP contribution in [0, 0.1) is 21.8 Å². The minimum atomic E-state index is -0.757. The lowest BCUT2D eigenvalue weighted by molar-refractivity contribution is -0.387. The summed E-state index contributed by atoms with van der Waals surface area (Å²) in [6.07, 6.45) is 2.68. The smallest absolute Gasteiger partial charge is 0.258 e. The van der Waals surface area contributed by atoms with E-state index in [0.29, 0.717) is 10.7 Å². The second-order valence-electron chi connectivity index (χ2n) is 4.81. The fourth-order valence-corrected chi connectivity index (χ4v) is 2.78. The van der Waals surface area contributed by atoms with Gasteiger partial charge in [0.2, 0.25) is 5.82 Å². The van der Waals surface area contributed by atoms with Crippen molar-refractivity contribution in [3.63, 3.8) is 0 Å². The second kappa shape index (κ2) is 6.83. The van der Waals surface area contributed by atoms with E-state index in [4.69, 9.17) is 0 Å². The van der Waals surface area contributed by atoms with Crippen molar-refractivity contribution in [3.05, 3.63) is 39.7 Å². The van der Waals surface area contributed by atoms with Gasteiger partial charge in [0, 0.05) is 10.9 Å². The van der Waals surface area contributed by atoms with Crippen LogP contribution in [0.5, 0.6) is 0 Å². The number of aryl methyl sites for hydroxylation is 1. The third-order valence-electron chi connectivity index (χ3n) is 2.68. The zero-order valence-corrected chi connectivity index (χ0v) is 12.1. The third-order valence-corrected chi connectivity index (χ3v) is 3.51. The molecule has 1 aromatic rings. The number of nitro groups is 1. The maximum atomic E-state index is 13.4. The highest BCUT2D eigenvalue weighted by Crippen LogP contribution is 2.22. The van der Waals surface area contributed by atoms with E-state index in [1.54, 1.807) is 6.07 Å². The SMILES string of the molecule is CC(C)CC(Br)CCc1ccc([N+](=O)[O-])c(F)c1. The molecule has 0 saturated heterocycles. The summed E-state index contributed by atoms with van der Waals surface area (Å²) in [6, 6.07) is 4.11. The lowest BCUT2D eigenvalue weighted by Crippen LogP contribution is -2.04. The molecule has 0 amide bonds. The topological polar surface area (TPSA) is 43.1 Å². The van der Waals surface area contributed by atoms with Gasteiger partial charge in [0.15, 0.2) is 0 Å². The lowest BCUT2D eigenvalue weighted by Gasteiger charge is -2.12. The molecule has 1 aromatic carbocycles. The normalized spacial score (nSPS) is 12.7. The second-order valence-corrected chi connectivity index (χ2v) is 6.10. The average molecular weight is 318 g/mol. The predicted molar refractivity (Wildman–Crippen MR) is 73.5 cm³/mol. The van der Waals surface area contributed by atoms with Crippen LogP contribution in [0.15, 0.2) is 18.2 Å². The molecule has 0 N–H and O–H groups in total. The number of nitrogens with zero attached hydrogens (tertiary/aromatic N) is 1. The van der Waals surface area contributed by atoms with Gasteiger partial charge in [0.05, 0.1) is 4.92 Å². The number of benzene rings is 1. The van der Waals surface area contributed by atoms with Crippen LogP contribution in [0.2, 0.25) is 0 Å². The van der Waals surface area contributed by atoms with Crippen LogP contribution >= 0.6 is 15.9 Å². The van der Waals surface area contributed by atoms with Crippen LogP contribution in [0.25, 0.3) is 0 Å². The van der Waals surface area contributed by atoms with Gasteiger partial charge in [-0.2, -0.15) is 4.39 Å². The monoisotopic (exact) mass is 317 g/mol. The van der Waals surface area contributed by atoms with Crippen LogP contribution in [-0.4, -0.2) is 9.75 Å². The van der Waals surface area contributed by atoms with Gasteiger partial charge < -0.3 is 0 Å². The van der Waals surface area contributed by atoms with Crippen molar-refractivity contribution in [3.8, 4) is 0 Å². The minimum absolute atomic E-state index is 0.399. The van der Waals surface area contributed by atoms with E-state index in [2.05, 4.69) is 29.8 Å². The Balaban J connectivity index is 2.58. The molecule has 0 saturated carbocycles. The van der Waals surface area contributed by atoms with E-state index in [1.807, 2.05) is 0 Å². The Bertz CT molecular complexity index is 423. The van der Waals surface area contributed by atoms with Crippen molar-refractivity contribution in [2.24, 2.45) is 5.92 Å². The highest BCUT2D eigenvalue weighted by atomic mass is 79.9. The molecule has 3 nitrogen and oxygen atoms in total. The molecule has 1 rings (SSSR count). The van der Waals surface area contributed by atoms with Gasteiger partial charge in [-0.25, -0.2) is 0 Å². The van der Waals surface area contributed by atoms with Crippen molar-refractivity contribution in [1.82, 2.24) is 0 Å². The summed E-state index contributed by atoms with van der Waals surface area (Å²) in [5.74, 6) is -0.143. The first-order valence-corrected chi connectivity index (χ1v) is 6.88. The molecular formula is C13H17BrFNO2. The fraction of sp³-hybridized carbons (Fsp3) is 0.538. The molecule has 5 heteroatoms. The van der Waals surface area contributed by atoms with Gasteiger partial charge >= 0.3 is 5.69 Å². The van der Waals surface area contributed by atoms with E-state index in [1.165, 1.54) is 12.1 Å². The van der Waals surface area contributed by atoms with Crippen LogP contribution < -0.4 is 0 Å².